The maximum atomic E-state index is 13.4. The number of aromatic nitrogens is 1. The van der Waals surface area contributed by atoms with Crippen LogP contribution in [0.3, 0.4) is 0 Å². The normalized spacial score (nSPS) is 18.6. The second-order valence-electron chi connectivity index (χ2n) is 11.1. The van der Waals surface area contributed by atoms with E-state index in [1.807, 2.05) is 17.0 Å². The molecule has 38 heavy (non-hydrogen) atoms. The summed E-state index contributed by atoms with van der Waals surface area (Å²) in [6.45, 7) is 6.50. The van der Waals surface area contributed by atoms with E-state index in [9.17, 15) is 14.7 Å². The summed E-state index contributed by atoms with van der Waals surface area (Å²) in [4.78, 5) is 29.5. The van der Waals surface area contributed by atoms with Crippen LogP contribution in [0.25, 0.3) is 22.2 Å². The fourth-order valence-corrected chi connectivity index (χ4v) is 6.70. The fraction of sp³-hybridized carbons (Fsp3) is 0.484. The van der Waals surface area contributed by atoms with Gasteiger partial charge in [0.1, 0.15) is 0 Å². The Morgan fingerprint density at radius 2 is 1.79 bits per heavy atom. The third-order valence-electron chi connectivity index (χ3n) is 8.61. The quantitative estimate of drug-likeness (QED) is 0.501. The molecule has 1 saturated carbocycles. The van der Waals surface area contributed by atoms with Crippen LogP contribution in [0.2, 0.25) is 0 Å². The van der Waals surface area contributed by atoms with Crippen LogP contribution in [0.4, 0.5) is 5.69 Å². The molecule has 1 aliphatic carbocycles. The molecule has 0 spiro atoms. The average molecular weight is 516 g/mol. The van der Waals surface area contributed by atoms with Crippen LogP contribution in [0.15, 0.2) is 36.4 Å². The van der Waals surface area contributed by atoms with Gasteiger partial charge in [-0.25, -0.2) is 4.79 Å². The summed E-state index contributed by atoms with van der Waals surface area (Å²) in [7, 11) is 0. The van der Waals surface area contributed by atoms with E-state index >= 15 is 0 Å². The van der Waals surface area contributed by atoms with Crippen LogP contribution < -0.4 is 4.90 Å². The maximum Gasteiger partial charge on any atom is 0.335 e. The summed E-state index contributed by atoms with van der Waals surface area (Å²) in [5.41, 5.74) is 7.29. The van der Waals surface area contributed by atoms with Gasteiger partial charge in [0.2, 0.25) is 5.91 Å². The molecule has 3 aromatic rings. The highest BCUT2D eigenvalue weighted by Crippen LogP contribution is 2.47. The molecule has 2 aromatic carbocycles. The van der Waals surface area contributed by atoms with Gasteiger partial charge in [0.05, 0.1) is 24.4 Å². The van der Waals surface area contributed by atoms with Crippen LogP contribution in [0.1, 0.15) is 65.9 Å². The molecule has 1 saturated heterocycles. The van der Waals surface area contributed by atoms with Crippen LogP contribution in [-0.2, 0) is 16.1 Å². The summed E-state index contributed by atoms with van der Waals surface area (Å²) in [5.74, 6) is -0.308. The van der Waals surface area contributed by atoms with Gasteiger partial charge in [0.25, 0.3) is 0 Å². The van der Waals surface area contributed by atoms with E-state index in [-0.39, 0.29) is 5.91 Å². The predicted molar refractivity (Wildman–Crippen MR) is 149 cm³/mol. The van der Waals surface area contributed by atoms with Gasteiger partial charge in [0, 0.05) is 54.9 Å². The number of amides is 1. The number of rotatable bonds is 4. The van der Waals surface area contributed by atoms with Crippen molar-refractivity contribution in [2.45, 2.75) is 57.9 Å². The fourth-order valence-electron chi connectivity index (χ4n) is 6.70. The monoisotopic (exact) mass is 515 g/mol. The number of anilines is 1. The molecule has 6 rings (SSSR count). The number of carbonyl (C=O) groups is 2. The third kappa shape index (κ3) is 4.57. The van der Waals surface area contributed by atoms with Crippen LogP contribution >= 0.6 is 0 Å². The second-order valence-corrected chi connectivity index (χ2v) is 11.1. The molecule has 7 heteroatoms. The highest BCUT2D eigenvalue weighted by Gasteiger charge is 2.31. The SMILES string of the molecule is Cc1ccc2c(c1)N(CC(=O)N1CCCOCC1)CCn1c-2c(C2CCCCC2)c2ccc(C(=O)O)cc21. The van der Waals surface area contributed by atoms with E-state index in [0.717, 1.165) is 42.6 Å². The molecule has 3 aliphatic rings. The van der Waals surface area contributed by atoms with Crippen molar-refractivity contribution >= 4 is 28.5 Å². The number of carboxylic acid groups (broad SMARTS) is 1. The molecule has 1 N–H and O–H groups in total. The van der Waals surface area contributed by atoms with Crippen molar-refractivity contribution < 1.29 is 19.4 Å². The zero-order valence-corrected chi connectivity index (χ0v) is 22.2. The number of aryl methyl sites for hydroxylation is 1. The second kappa shape index (κ2) is 10.4. The van der Waals surface area contributed by atoms with Crippen molar-refractivity contribution in [2.24, 2.45) is 0 Å². The van der Waals surface area contributed by atoms with Gasteiger partial charge in [-0.05, 0) is 61.4 Å². The van der Waals surface area contributed by atoms with Crippen LogP contribution in [0, 0.1) is 6.92 Å². The molecule has 1 amide bonds. The van der Waals surface area contributed by atoms with E-state index in [0.29, 0.717) is 50.9 Å². The minimum Gasteiger partial charge on any atom is -0.478 e. The van der Waals surface area contributed by atoms with Gasteiger partial charge < -0.3 is 24.2 Å². The Bertz CT molecular complexity index is 1360. The van der Waals surface area contributed by atoms with E-state index in [2.05, 4.69) is 34.6 Å². The summed E-state index contributed by atoms with van der Waals surface area (Å²) >= 11 is 0. The summed E-state index contributed by atoms with van der Waals surface area (Å²) in [5, 5.41) is 10.9. The number of fused-ring (bicyclic) bond motifs is 5. The molecule has 0 unspecified atom stereocenters. The third-order valence-corrected chi connectivity index (χ3v) is 8.61. The summed E-state index contributed by atoms with van der Waals surface area (Å²) < 4.78 is 7.91. The van der Waals surface area contributed by atoms with Crippen molar-refractivity contribution in [2.75, 3.05) is 44.3 Å². The number of hydrogen-bond acceptors (Lipinski definition) is 4. The van der Waals surface area contributed by atoms with E-state index in [4.69, 9.17) is 4.74 Å². The molecular weight excluding hydrogens is 478 g/mol. The Labute approximate surface area is 224 Å². The Balaban J connectivity index is 1.48. The first-order valence-corrected chi connectivity index (χ1v) is 14.1. The van der Waals surface area contributed by atoms with Crippen LogP contribution in [-0.4, -0.2) is 65.8 Å². The largest absolute Gasteiger partial charge is 0.478 e. The van der Waals surface area contributed by atoms with Crippen LogP contribution in [0.5, 0.6) is 0 Å². The average Bonchev–Trinajstić information content (AvgIpc) is 3.07. The van der Waals surface area contributed by atoms with Gasteiger partial charge in [-0.15, -0.1) is 0 Å². The lowest BCUT2D eigenvalue weighted by Crippen LogP contribution is -2.42. The topological polar surface area (TPSA) is 75.0 Å². The van der Waals surface area contributed by atoms with E-state index < -0.39 is 5.97 Å². The van der Waals surface area contributed by atoms with Gasteiger partial charge in [0.15, 0.2) is 0 Å². The zero-order chi connectivity index (χ0) is 26.2. The molecule has 0 radical (unpaired) electrons. The Morgan fingerprint density at radius 3 is 2.61 bits per heavy atom. The molecule has 2 fully saturated rings. The van der Waals surface area contributed by atoms with Crippen molar-refractivity contribution in [3.05, 3.63) is 53.1 Å². The molecule has 3 heterocycles. The lowest BCUT2D eigenvalue weighted by Gasteiger charge is -2.28. The lowest BCUT2D eigenvalue weighted by atomic mass is 9.81. The first-order chi connectivity index (χ1) is 18.5. The number of hydrogen-bond donors (Lipinski definition) is 1. The van der Waals surface area contributed by atoms with E-state index in [1.165, 1.54) is 41.5 Å². The van der Waals surface area contributed by atoms with Crippen molar-refractivity contribution in [1.82, 2.24) is 9.47 Å². The summed E-state index contributed by atoms with van der Waals surface area (Å²) in [6.07, 6.45) is 6.92. The first-order valence-electron chi connectivity index (χ1n) is 14.1. The minimum absolute atomic E-state index is 0.139. The number of carboxylic acids is 1. The van der Waals surface area contributed by atoms with Crippen molar-refractivity contribution in [1.29, 1.82) is 0 Å². The molecule has 0 atom stereocenters. The molecule has 0 bridgehead atoms. The number of carbonyl (C=O) groups excluding carboxylic acids is 1. The summed E-state index contributed by atoms with van der Waals surface area (Å²) in [6, 6.07) is 12.2. The highest BCUT2D eigenvalue weighted by molar-refractivity contribution is 6.00. The smallest absolute Gasteiger partial charge is 0.335 e. The predicted octanol–water partition coefficient (Wildman–Crippen LogP) is 5.43. The zero-order valence-electron chi connectivity index (χ0n) is 22.2. The standard InChI is InChI=1S/C31H37N3O4/c1-21-8-10-25-26(18-21)33(20-28(35)32-12-5-16-38-17-15-32)13-14-34-27-19-23(31(36)37)9-11-24(27)29(30(25)34)22-6-3-2-4-7-22/h8-11,18-19,22H,2-7,12-17,20H2,1H3,(H,36,37). The van der Waals surface area contributed by atoms with Gasteiger partial charge in [-0.2, -0.15) is 0 Å². The van der Waals surface area contributed by atoms with E-state index in [1.54, 1.807) is 6.07 Å². The number of ether oxygens (including phenoxy) is 1. The van der Waals surface area contributed by atoms with Gasteiger partial charge >= 0.3 is 5.97 Å². The Hall–Kier alpha value is -3.32. The first kappa shape index (κ1) is 25.0. The Kier molecular flexibility index (Phi) is 6.87. The number of benzene rings is 2. The van der Waals surface area contributed by atoms with Crippen molar-refractivity contribution in [3.8, 4) is 11.3 Å². The van der Waals surface area contributed by atoms with Gasteiger partial charge in [-0.1, -0.05) is 37.5 Å². The number of aromatic carboxylic acids is 1. The minimum atomic E-state index is -0.903. The Morgan fingerprint density at radius 1 is 0.947 bits per heavy atom. The van der Waals surface area contributed by atoms with Crippen molar-refractivity contribution in [3.63, 3.8) is 0 Å². The highest BCUT2D eigenvalue weighted by atomic mass is 16.5. The molecule has 200 valence electrons. The maximum absolute atomic E-state index is 13.4. The molecular formula is C31H37N3O4. The molecule has 1 aromatic heterocycles. The molecule has 2 aliphatic heterocycles. The molecule has 7 nitrogen and oxygen atoms in total. The lowest BCUT2D eigenvalue weighted by molar-refractivity contribution is -0.129. The van der Waals surface area contributed by atoms with Gasteiger partial charge in [-0.3, -0.25) is 4.79 Å². The number of nitrogens with zero attached hydrogens (tertiary/aromatic N) is 3.